The Hall–Kier alpha value is -0.810. The van der Waals surface area contributed by atoms with Crippen LogP contribution in [-0.4, -0.2) is 16.1 Å². The van der Waals surface area contributed by atoms with E-state index < -0.39 is 0 Å². The number of thiocarbonyl (C=S) groups is 1. The topological polar surface area (TPSA) is 39.4 Å². The van der Waals surface area contributed by atoms with Gasteiger partial charge in [0.1, 0.15) is 0 Å². The average Bonchev–Trinajstić information content (AvgIpc) is 3.00. The van der Waals surface area contributed by atoms with Crippen LogP contribution < -0.4 is 0 Å². The molecule has 0 aliphatic carbocycles. The zero-order valence-electron chi connectivity index (χ0n) is 12.6. The number of ether oxygens (including phenoxy) is 1. The standard InChI is InChI=1S/C16H24O3S2/c1-2-3-4-5-6-7-8-9-12-19-16(20)21-15(17)14-11-10-13-18-14/h10-11,13H,2-9,12H2,1H3. The molecule has 0 aliphatic heterocycles. The maximum atomic E-state index is 11.7. The summed E-state index contributed by atoms with van der Waals surface area (Å²) in [5.41, 5.74) is 0. The highest BCUT2D eigenvalue weighted by Gasteiger charge is 2.13. The van der Waals surface area contributed by atoms with E-state index in [0.717, 1.165) is 24.6 Å². The molecule has 0 aromatic carbocycles. The molecule has 0 fully saturated rings. The highest BCUT2D eigenvalue weighted by Crippen LogP contribution is 2.16. The summed E-state index contributed by atoms with van der Waals surface area (Å²) in [7, 11) is 0. The molecule has 3 nitrogen and oxygen atoms in total. The second-order valence-electron chi connectivity index (χ2n) is 4.94. The normalized spacial score (nSPS) is 10.5. The molecule has 0 saturated carbocycles. The van der Waals surface area contributed by atoms with Crippen LogP contribution in [-0.2, 0) is 4.74 Å². The Bertz CT molecular complexity index is 402. The Morgan fingerprint density at radius 3 is 2.48 bits per heavy atom. The van der Waals surface area contributed by atoms with Crippen molar-refractivity contribution in [3.05, 3.63) is 24.2 Å². The molecule has 1 rings (SSSR count). The van der Waals surface area contributed by atoms with E-state index in [2.05, 4.69) is 6.92 Å². The van der Waals surface area contributed by atoms with Crippen molar-refractivity contribution >= 4 is 33.5 Å². The summed E-state index contributed by atoms with van der Waals surface area (Å²) in [6.45, 7) is 2.82. The van der Waals surface area contributed by atoms with E-state index in [1.165, 1.54) is 44.8 Å². The average molecular weight is 328 g/mol. The smallest absolute Gasteiger partial charge is 0.263 e. The number of hydrogen-bond acceptors (Lipinski definition) is 5. The zero-order chi connectivity index (χ0) is 15.3. The number of thioether (sulfide) groups is 1. The minimum atomic E-state index is -0.207. The lowest BCUT2D eigenvalue weighted by atomic mass is 10.1. The van der Waals surface area contributed by atoms with Crippen molar-refractivity contribution in [3.8, 4) is 0 Å². The molecule has 118 valence electrons. The largest absolute Gasteiger partial charge is 0.478 e. The summed E-state index contributed by atoms with van der Waals surface area (Å²) in [5, 5.41) is -0.207. The van der Waals surface area contributed by atoms with Crippen LogP contribution in [0.15, 0.2) is 22.8 Å². The Morgan fingerprint density at radius 1 is 1.19 bits per heavy atom. The molecule has 1 heterocycles. The van der Waals surface area contributed by atoms with Crippen LogP contribution in [0.3, 0.4) is 0 Å². The minimum Gasteiger partial charge on any atom is -0.478 e. The Balaban J connectivity index is 1.95. The first-order valence-electron chi connectivity index (χ1n) is 7.66. The number of rotatable bonds is 10. The number of unbranched alkanes of at least 4 members (excludes halogenated alkanes) is 7. The van der Waals surface area contributed by atoms with Crippen molar-refractivity contribution in [1.82, 2.24) is 0 Å². The molecule has 0 N–H and O–H groups in total. The molecule has 0 amide bonds. The summed E-state index contributed by atoms with van der Waals surface area (Å²) < 4.78 is 10.7. The van der Waals surface area contributed by atoms with Gasteiger partial charge in [0.25, 0.3) is 5.12 Å². The first kappa shape index (κ1) is 18.2. The minimum absolute atomic E-state index is 0.207. The van der Waals surface area contributed by atoms with Gasteiger partial charge in [-0.25, -0.2) is 0 Å². The molecular formula is C16H24O3S2. The monoisotopic (exact) mass is 328 g/mol. The second kappa shape index (κ2) is 11.8. The predicted octanol–water partition coefficient (Wildman–Crippen LogP) is 5.60. The van der Waals surface area contributed by atoms with Crippen LogP contribution in [0, 0.1) is 0 Å². The highest BCUT2D eigenvalue weighted by molar-refractivity contribution is 8.32. The van der Waals surface area contributed by atoms with Gasteiger partial charge >= 0.3 is 0 Å². The van der Waals surface area contributed by atoms with Crippen LogP contribution in [0.25, 0.3) is 0 Å². The molecule has 1 aromatic heterocycles. The van der Waals surface area contributed by atoms with Crippen LogP contribution in [0.1, 0.15) is 68.8 Å². The molecule has 0 saturated heterocycles. The fourth-order valence-corrected chi connectivity index (χ4v) is 2.76. The van der Waals surface area contributed by atoms with Gasteiger partial charge in [0, 0.05) is 11.8 Å². The molecule has 1 aromatic rings. The van der Waals surface area contributed by atoms with E-state index in [4.69, 9.17) is 21.4 Å². The van der Waals surface area contributed by atoms with Gasteiger partial charge in [-0.3, -0.25) is 4.79 Å². The molecule has 5 heteroatoms. The van der Waals surface area contributed by atoms with E-state index in [1.807, 2.05) is 0 Å². The fourth-order valence-electron chi connectivity index (χ4n) is 1.94. The summed E-state index contributed by atoms with van der Waals surface area (Å²) >= 11 is 5.94. The van der Waals surface area contributed by atoms with Crippen LogP contribution >= 0.6 is 24.0 Å². The quantitative estimate of drug-likeness (QED) is 0.413. The third-order valence-corrected chi connectivity index (χ3v) is 4.16. The molecule has 0 radical (unpaired) electrons. The summed E-state index contributed by atoms with van der Waals surface area (Å²) in [6.07, 6.45) is 11.5. The SMILES string of the molecule is CCCCCCCCCCOC(=S)SC(=O)c1ccco1. The Morgan fingerprint density at radius 2 is 1.86 bits per heavy atom. The summed E-state index contributed by atoms with van der Waals surface area (Å²) in [4.78, 5) is 11.7. The maximum Gasteiger partial charge on any atom is 0.263 e. The van der Waals surface area contributed by atoms with E-state index >= 15 is 0 Å². The van der Waals surface area contributed by atoms with Crippen molar-refractivity contribution in [1.29, 1.82) is 0 Å². The van der Waals surface area contributed by atoms with E-state index in [-0.39, 0.29) is 9.50 Å². The van der Waals surface area contributed by atoms with Gasteiger partial charge in [-0.15, -0.1) is 0 Å². The van der Waals surface area contributed by atoms with Crippen molar-refractivity contribution in [2.45, 2.75) is 58.3 Å². The van der Waals surface area contributed by atoms with Crippen molar-refractivity contribution in [2.24, 2.45) is 0 Å². The summed E-state index contributed by atoms with van der Waals surface area (Å²) in [5.74, 6) is 0.304. The lowest BCUT2D eigenvalue weighted by Crippen LogP contribution is -2.03. The van der Waals surface area contributed by atoms with E-state index in [1.54, 1.807) is 12.1 Å². The lowest BCUT2D eigenvalue weighted by Gasteiger charge is -2.05. The molecule has 0 aliphatic rings. The van der Waals surface area contributed by atoms with Gasteiger partial charge < -0.3 is 9.15 Å². The van der Waals surface area contributed by atoms with Gasteiger partial charge in [0.05, 0.1) is 12.9 Å². The first-order valence-corrected chi connectivity index (χ1v) is 8.89. The highest BCUT2D eigenvalue weighted by atomic mass is 32.2. The van der Waals surface area contributed by atoms with E-state index in [9.17, 15) is 4.79 Å². The Kier molecular flexibility index (Phi) is 10.3. The first-order chi connectivity index (χ1) is 10.2. The molecule has 0 atom stereocenters. The molecule has 0 unspecified atom stereocenters. The number of carbonyl (C=O) groups excluding carboxylic acids is 1. The van der Waals surface area contributed by atoms with E-state index in [0.29, 0.717) is 12.4 Å². The van der Waals surface area contributed by atoms with Gasteiger partial charge in [0.2, 0.25) is 4.38 Å². The van der Waals surface area contributed by atoms with Gasteiger partial charge in [-0.2, -0.15) is 0 Å². The predicted molar refractivity (Wildman–Crippen MR) is 91.8 cm³/mol. The second-order valence-corrected chi connectivity index (χ2v) is 6.52. The van der Waals surface area contributed by atoms with Crippen LogP contribution in [0.4, 0.5) is 0 Å². The summed E-state index contributed by atoms with van der Waals surface area (Å²) in [6, 6.07) is 3.30. The molecular weight excluding hydrogens is 304 g/mol. The van der Waals surface area contributed by atoms with Crippen LogP contribution in [0.5, 0.6) is 0 Å². The number of hydrogen-bond donors (Lipinski definition) is 0. The molecule has 21 heavy (non-hydrogen) atoms. The van der Waals surface area contributed by atoms with Gasteiger partial charge in [0.15, 0.2) is 5.76 Å². The molecule has 0 spiro atoms. The van der Waals surface area contributed by atoms with Crippen molar-refractivity contribution < 1.29 is 13.9 Å². The van der Waals surface area contributed by atoms with Crippen LogP contribution in [0.2, 0.25) is 0 Å². The zero-order valence-corrected chi connectivity index (χ0v) is 14.3. The number of furan rings is 1. The maximum absolute atomic E-state index is 11.7. The van der Waals surface area contributed by atoms with Crippen molar-refractivity contribution in [3.63, 3.8) is 0 Å². The number of carbonyl (C=O) groups is 1. The fraction of sp³-hybridized carbons (Fsp3) is 0.625. The van der Waals surface area contributed by atoms with Crippen molar-refractivity contribution in [2.75, 3.05) is 6.61 Å². The van der Waals surface area contributed by atoms with Gasteiger partial charge in [-0.1, -0.05) is 51.9 Å². The third-order valence-electron chi connectivity index (χ3n) is 3.12. The molecule has 0 bridgehead atoms. The third kappa shape index (κ3) is 8.94. The lowest BCUT2D eigenvalue weighted by molar-refractivity contribution is 0.106. The van der Waals surface area contributed by atoms with Gasteiger partial charge in [-0.05, 0) is 30.8 Å². The Labute approximate surface area is 136 Å².